The summed E-state index contributed by atoms with van der Waals surface area (Å²) in [6, 6.07) is 2.87. The van der Waals surface area contributed by atoms with Crippen LogP contribution in [0, 0.1) is 11.3 Å². The number of aliphatic hydroxyl groups is 2. The van der Waals surface area contributed by atoms with Crippen LogP contribution in [-0.4, -0.2) is 39.4 Å². The number of rotatable bonds is 4. The molecule has 0 aromatic carbocycles. The van der Waals surface area contributed by atoms with Gasteiger partial charge in [0.1, 0.15) is 11.9 Å². The quantitative estimate of drug-likeness (QED) is 0.575. The Morgan fingerprint density at radius 1 is 1.50 bits per heavy atom. The Morgan fingerprint density at radius 2 is 2.21 bits per heavy atom. The van der Waals surface area contributed by atoms with Crippen molar-refractivity contribution in [3.8, 4) is 6.07 Å². The van der Waals surface area contributed by atoms with E-state index >= 15 is 0 Å². The molecular weight excluding hydrogens is 184 g/mol. The molecule has 0 saturated heterocycles. The summed E-state index contributed by atoms with van der Waals surface area (Å²) in [5, 5.41) is 28.8. The van der Waals surface area contributed by atoms with Gasteiger partial charge in [0, 0.05) is 6.20 Å². The summed E-state index contributed by atoms with van der Waals surface area (Å²) < 4.78 is 0. The van der Waals surface area contributed by atoms with Gasteiger partial charge in [0.05, 0.1) is 19.3 Å². The van der Waals surface area contributed by atoms with E-state index < -0.39 is 6.04 Å². The highest BCUT2D eigenvalue weighted by Crippen LogP contribution is 2.02. The fraction of sp³-hybridized carbons (Fsp3) is 0.375. The third kappa shape index (κ3) is 2.65. The SMILES string of the molecule is N#Cc1nccc(NC(CO)CO)n1. The summed E-state index contributed by atoms with van der Waals surface area (Å²) in [6.07, 6.45) is 1.43. The molecule has 3 N–H and O–H groups in total. The lowest BCUT2D eigenvalue weighted by Crippen LogP contribution is -2.28. The lowest BCUT2D eigenvalue weighted by Gasteiger charge is -2.13. The lowest BCUT2D eigenvalue weighted by molar-refractivity contribution is 0.203. The van der Waals surface area contributed by atoms with Gasteiger partial charge in [0.25, 0.3) is 0 Å². The molecule has 6 heteroatoms. The van der Waals surface area contributed by atoms with E-state index in [2.05, 4.69) is 15.3 Å². The van der Waals surface area contributed by atoms with E-state index in [0.29, 0.717) is 5.82 Å². The molecule has 0 radical (unpaired) electrons. The minimum Gasteiger partial charge on any atom is -0.394 e. The van der Waals surface area contributed by atoms with Gasteiger partial charge in [-0.15, -0.1) is 0 Å². The first-order valence-electron chi connectivity index (χ1n) is 4.01. The van der Waals surface area contributed by atoms with Crippen molar-refractivity contribution in [2.24, 2.45) is 0 Å². The second-order valence-electron chi connectivity index (χ2n) is 2.58. The number of nitriles is 1. The average Bonchev–Trinajstić information content (AvgIpc) is 2.26. The van der Waals surface area contributed by atoms with Crippen LogP contribution < -0.4 is 5.32 Å². The van der Waals surface area contributed by atoms with Crippen LogP contribution in [0.25, 0.3) is 0 Å². The Hall–Kier alpha value is -1.71. The Morgan fingerprint density at radius 3 is 2.79 bits per heavy atom. The number of hydrogen-bond donors (Lipinski definition) is 3. The second kappa shape index (κ2) is 5.11. The molecular formula is C8H10N4O2. The fourth-order valence-corrected chi connectivity index (χ4v) is 0.851. The molecule has 0 aliphatic heterocycles. The normalized spacial score (nSPS) is 9.86. The number of nitrogens with zero attached hydrogens (tertiary/aromatic N) is 3. The van der Waals surface area contributed by atoms with E-state index in [1.807, 2.05) is 0 Å². The summed E-state index contributed by atoms with van der Waals surface area (Å²) in [6.45, 7) is -0.412. The van der Waals surface area contributed by atoms with Crippen molar-refractivity contribution >= 4 is 5.82 Å². The molecule has 14 heavy (non-hydrogen) atoms. The van der Waals surface area contributed by atoms with Crippen LogP contribution >= 0.6 is 0 Å². The standard InChI is InChI=1S/C8H10N4O2/c9-3-8-10-2-1-7(12-8)11-6(4-13)5-14/h1-2,6,13-14H,4-5H2,(H,10,11,12). The number of hydrogen-bond acceptors (Lipinski definition) is 6. The summed E-state index contributed by atoms with van der Waals surface area (Å²) in [7, 11) is 0. The Bertz CT molecular complexity index is 332. The highest BCUT2D eigenvalue weighted by molar-refractivity contribution is 5.36. The first kappa shape index (κ1) is 10.4. The lowest BCUT2D eigenvalue weighted by atomic mass is 10.3. The van der Waals surface area contributed by atoms with Crippen LogP contribution in [0.5, 0.6) is 0 Å². The van der Waals surface area contributed by atoms with Crippen LogP contribution in [0.4, 0.5) is 5.82 Å². The maximum Gasteiger partial charge on any atom is 0.234 e. The molecule has 6 nitrogen and oxygen atoms in total. The monoisotopic (exact) mass is 194 g/mol. The van der Waals surface area contributed by atoms with Crippen molar-refractivity contribution in [1.29, 1.82) is 5.26 Å². The molecule has 0 atom stereocenters. The van der Waals surface area contributed by atoms with Gasteiger partial charge in [-0.3, -0.25) is 0 Å². The third-order valence-corrected chi connectivity index (χ3v) is 1.55. The average molecular weight is 194 g/mol. The number of aromatic nitrogens is 2. The maximum absolute atomic E-state index is 8.78. The number of aliphatic hydroxyl groups excluding tert-OH is 2. The predicted octanol–water partition coefficient (Wildman–Crippen LogP) is -0.887. The maximum atomic E-state index is 8.78. The Labute approximate surface area is 80.9 Å². The summed E-state index contributed by atoms with van der Waals surface area (Å²) >= 11 is 0. The van der Waals surface area contributed by atoms with Crippen LogP contribution in [-0.2, 0) is 0 Å². The van der Waals surface area contributed by atoms with E-state index in [0.717, 1.165) is 0 Å². The van der Waals surface area contributed by atoms with Gasteiger partial charge < -0.3 is 15.5 Å². The van der Waals surface area contributed by atoms with E-state index in [4.69, 9.17) is 15.5 Å². The minimum atomic E-state index is -0.476. The smallest absolute Gasteiger partial charge is 0.234 e. The largest absolute Gasteiger partial charge is 0.394 e. The second-order valence-corrected chi connectivity index (χ2v) is 2.58. The van der Waals surface area contributed by atoms with Gasteiger partial charge in [-0.2, -0.15) is 5.26 Å². The summed E-state index contributed by atoms with van der Waals surface area (Å²) in [5.41, 5.74) is 0. The molecule has 1 aromatic rings. The molecule has 0 spiro atoms. The molecule has 0 unspecified atom stereocenters. The highest BCUT2D eigenvalue weighted by Gasteiger charge is 2.06. The van der Waals surface area contributed by atoms with Crippen molar-refractivity contribution < 1.29 is 10.2 Å². The van der Waals surface area contributed by atoms with Crippen LogP contribution in [0.2, 0.25) is 0 Å². The molecule has 1 rings (SSSR count). The van der Waals surface area contributed by atoms with Crippen molar-refractivity contribution in [3.05, 3.63) is 18.1 Å². The van der Waals surface area contributed by atoms with Crippen molar-refractivity contribution in [3.63, 3.8) is 0 Å². The fourth-order valence-electron chi connectivity index (χ4n) is 0.851. The molecule has 0 bridgehead atoms. The van der Waals surface area contributed by atoms with Crippen LogP contribution in [0.1, 0.15) is 5.82 Å². The topological polar surface area (TPSA) is 102 Å². The minimum absolute atomic E-state index is 0.0460. The van der Waals surface area contributed by atoms with Crippen LogP contribution in [0.3, 0.4) is 0 Å². The van der Waals surface area contributed by atoms with E-state index in [-0.39, 0.29) is 19.0 Å². The van der Waals surface area contributed by atoms with Gasteiger partial charge in [0.15, 0.2) is 0 Å². The van der Waals surface area contributed by atoms with Gasteiger partial charge in [-0.25, -0.2) is 9.97 Å². The van der Waals surface area contributed by atoms with E-state index in [1.54, 1.807) is 12.1 Å². The first-order valence-corrected chi connectivity index (χ1v) is 4.01. The van der Waals surface area contributed by atoms with Gasteiger partial charge in [-0.1, -0.05) is 0 Å². The summed E-state index contributed by atoms with van der Waals surface area (Å²) in [4.78, 5) is 7.50. The Kier molecular flexibility index (Phi) is 3.79. The van der Waals surface area contributed by atoms with Crippen molar-refractivity contribution in [2.75, 3.05) is 18.5 Å². The molecule has 1 heterocycles. The molecule has 1 aromatic heterocycles. The predicted molar refractivity (Wildman–Crippen MR) is 48.3 cm³/mol. The van der Waals surface area contributed by atoms with Crippen molar-refractivity contribution in [1.82, 2.24) is 9.97 Å². The van der Waals surface area contributed by atoms with Gasteiger partial charge in [-0.05, 0) is 6.07 Å². The molecule has 0 amide bonds. The van der Waals surface area contributed by atoms with E-state index in [1.165, 1.54) is 6.20 Å². The van der Waals surface area contributed by atoms with Gasteiger partial charge >= 0.3 is 0 Å². The zero-order valence-electron chi connectivity index (χ0n) is 7.38. The summed E-state index contributed by atoms with van der Waals surface area (Å²) in [5.74, 6) is 0.453. The van der Waals surface area contributed by atoms with Gasteiger partial charge in [0.2, 0.25) is 5.82 Å². The van der Waals surface area contributed by atoms with Crippen LogP contribution in [0.15, 0.2) is 12.3 Å². The zero-order chi connectivity index (χ0) is 10.4. The molecule has 0 fully saturated rings. The van der Waals surface area contributed by atoms with E-state index in [9.17, 15) is 0 Å². The number of anilines is 1. The van der Waals surface area contributed by atoms with Crippen molar-refractivity contribution in [2.45, 2.75) is 6.04 Å². The molecule has 0 saturated carbocycles. The molecule has 0 aliphatic rings. The first-order chi connectivity index (χ1) is 6.80. The molecule has 0 aliphatic carbocycles. The Balaban J connectivity index is 2.72. The third-order valence-electron chi connectivity index (χ3n) is 1.55. The number of nitrogens with one attached hydrogen (secondary N) is 1. The molecule has 74 valence electrons. The zero-order valence-corrected chi connectivity index (χ0v) is 7.38. The highest BCUT2D eigenvalue weighted by atomic mass is 16.3.